The van der Waals surface area contributed by atoms with E-state index in [2.05, 4.69) is 48.6 Å². The Morgan fingerprint density at radius 3 is 2.76 bits per heavy atom. The van der Waals surface area contributed by atoms with Gasteiger partial charge in [-0.1, -0.05) is 48.0 Å². The summed E-state index contributed by atoms with van der Waals surface area (Å²) in [6.07, 6.45) is 4.76. The molecule has 0 heterocycles. The second kappa shape index (κ2) is 6.21. The van der Waals surface area contributed by atoms with Crippen LogP contribution < -0.4 is 5.32 Å². The molecule has 0 amide bonds. The first-order valence-electron chi connectivity index (χ1n) is 7.72. The summed E-state index contributed by atoms with van der Waals surface area (Å²) in [6, 6.07) is 13.5. The van der Waals surface area contributed by atoms with E-state index in [4.69, 9.17) is 11.6 Å². The zero-order chi connectivity index (χ0) is 14.8. The van der Waals surface area contributed by atoms with Crippen LogP contribution in [0.2, 0.25) is 5.02 Å². The van der Waals surface area contributed by atoms with Gasteiger partial charge in [0.05, 0.1) is 0 Å². The maximum Gasteiger partial charge on any atom is 0.0483 e. The van der Waals surface area contributed by atoms with Crippen molar-refractivity contribution in [3.8, 4) is 0 Å². The zero-order valence-electron chi connectivity index (χ0n) is 12.7. The number of likely N-dealkylation sites (N-methyl/N-ethyl adjacent to an activating group) is 1. The molecule has 0 radical (unpaired) electrons. The second-order valence-electron chi connectivity index (χ2n) is 5.98. The fourth-order valence-corrected chi connectivity index (χ4v) is 3.55. The summed E-state index contributed by atoms with van der Waals surface area (Å²) in [4.78, 5) is 0. The van der Waals surface area contributed by atoms with Crippen LogP contribution in [-0.4, -0.2) is 7.05 Å². The highest BCUT2D eigenvalue weighted by molar-refractivity contribution is 6.32. The fourth-order valence-electron chi connectivity index (χ4n) is 3.29. The standard InChI is InChI=1S/C19H22ClN/c1-13-5-3-8-17(19(13)20)18(21-2)12-14-9-10-15-6-4-7-16(15)11-14/h3,5,8-11,18,21H,4,6-7,12H2,1-2H3. The third-order valence-corrected chi connectivity index (χ3v) is 5.06. The number of hydrogen-bond acceptors (Lipinski definition) is 1. The lowest BCUT2D eigenvalue weighted by Crippen LogP contribution is -2.19. The average Bonchev–Trinajstić information content (AvgIpc) is 2.95. The first-order chi connectivity index (χ1) is 10.2. The molecule has 0 aliphatic heterocycles. The van der Waals surface area contributed by atoms with Gasteiger partial charge in [-0.3, -0.25) is 0 Å². The number of nitrogens with one attached hydrogen (secondary N) is 1. The number of rotatable bonds is 4. The smallest absolute Gasteiger partial charge is 0.0483 e. The first kappa shape index (κ1) is 14.6. The average molecular weight is 300 g/mol. The van der Waals surface area contributed by atoms with Crippen molar-refractivity contribution in [2.75, 3.05) is 7.05 Å². The molecule has 0 saturated carbocycles. The highest BCUT2D eigenvalue weighted by Gasteiger charge is 2.16. The molecule has 1 atom stereocenters. The lowest BCUT2D eigenvalue weighted by atomic mass is 9.95. The Morgan fingerprint density at radius 2 is 1.95 bits per heavy atom. The molecule has 2 aromatic rings. The molecule has 21 heavy (non-hydrogen) atoms. The van der Waals surface area contributed by atoms with Crippen LogP contribution in [0.25, 0.3) is 0 Å². The van der Waals surface area contributed by atoms with E-state index in [1.807, 2.05) is 7.05 Å². The summed E-state index contributed by atoms with van der Waals surface area (Å²) >= 11 is 6.49. The third kappa shape index (κ3) is 3.00. The van der Waals surface area contributed by atoms with E-state index < -0.39 is 0 Å². The molecular weight excluding hydrogens is 278 g/mol. The van der Waals surface area contributed by atoms with Gasteiger partial charge in [0.15, 0.2) is 0 Å². The minimum Gasteiger partial charge on any atom is -0.313 e. The molecule has 0 saturated heterocycles. The summed E-state index contributed by atoms with van der Waals surface area (Å²) in [5.41, 5.74) is 6.81. The van der Waals surface area contributed by atoms with E-state index in [1.54, 1.807) is 0 Å². The van der Waals surface area contributed by atoms with Crippen LogP contribution in [0.3, 0.4) is 0 Å². The van der Waals surface area contributed by atoms with E-state index >= 15 is 0 Å². The molecule has 2 aromatic carbocycles. The van der Waals surface area contributed by atoms with Crippen LogP contribution in [0.1, 0.15) is 40.3 Å². The highest BCUT2D eigenvalue weighted by atomic mass is 35.5. The van der Waals surface area contributed by atoms with E-state index in [0.29, 0.717) is 0 Å². The van der Waals surface area contributed by atoms with Crippen LogP contribution in [0, 0.1) is 6.92 Å². The molecule has 110 valence electrons. The maximum atomic E-state index is 6.49. The van der Waals surface area contributed by atoms with Gasteiger partial charge in [0.25, 0.3) is 0 Å². The van der Waals surface area contributed by atoms with Gasteiger partial charge in [0, 0.05) is 11.1 Å². The Balaban J connectivity index is 1.86. The van der Waals surface area contributed by atoms with Crippen LogP contribution >= 0.6 is 11.6 Å². The predicted octanol–water partition coefficient (Wildman–Crippen LogP) is 4.64. The monoisotopic (exact) mass is 299 g/mol. The number of aryl methyl sites for hydroxylation is 3. The molecule has 0 fully saturated rings. The largest absolute Gasteiger partial charge is 0.313 e. The Bertz CT molecular complexity index is 648. The van der Waals surface area contributed by atoms with Gasteiger partial charge < -0.3 is 5.32 Å². The summed E-state index contributed by atoms with van der Waals surface area (Å²) in [5.74, 6) is 0. The normalized spacial score (nSPS) is 15.0. The molecule has 0 bridgehead atoms. The first-order valence-corrected chi connectivity index (χ1v) is 8.10. The van der Waals surface area contributed by atoms with Crippen molar-refractivity contribution in [2.24, 2.45) is 0 Å². The quantitative estimate of drug-likeness (QED) is 0.867. The fraction of sp³-hybridized carbons (Fsp3) is 0.368. The van der Waals surface area contributed by atoms with Gasteiger partial charge >= 0.3 is 0 Å². The lowest BCUT2D eigenvalue weighted by Gasteiger charge is -2.19. The third-order valence-electron chi connectivity index (χ3n) is 4.55. The van der Waals surface area contributed by atoms with Crippen molar-refractivity contribution in [2.45, 2.75) is 38.6 Å². The van der Waals surface area contributed by atoms with Gasteiger partial charge in [-0.2, -0.15) is 0 Å². The van der Waals surface area contributed by atoms with E-state index in [-0.39, 0.29) is 6.04 Å². The van der Waals surface area contributed by atoms with Crippen LogP contribution in [0.4, 0.5) is 0 Å². The van der Waals surface area contributed by atoms with Crippen LogP contribution in [0.15, 0.2) is 36.4 Å². The summed E-state index contributed by atoms with van der Waals surface area (Å²) < 4.78 is 0. The van der Waals surface area contributed by atoms with Crippen molar-refractivity contribution < 1.29 is 0 Å². The molecule has 0 spiro atoms. The highest BCUT2D eigenvalue weighted by Crippen LogP contribution is 2.30. The molecule has 1 nitrogen and oxygen atoms in total. The van der Waals surface area contributed by atoms with Gasteiger partial charge in [0.2, 0.25) is 0 Å². The molecule has 3 rings (SSSR count). The topological polar surface area (TPSA) is 12.0 Å². The van der Waals surface area contributed by atoms with E-state index in [1.165, 1.54) is 41.5 Å². The van der Waals surface area contributed by atoms with Gasteiger partial charge in [0.1, 0.15) is 0 Å². The lowest BCUT2D eigenvalue weighted by molar-refractivity contribution is 0.591. The number of benzene rings is 2. The van der Waals surface area contributed by atoms with Crippen LogP contribution in [0.5, 0.6) is 0 Å². The van der Waals surface area contributed by atoms with E-state index in [0.717, 1.165) is 17.0 Å². The Kier molecular flexibility index (Phi) is 4.32. The summed E-state index contributed by atoms with van der Waals surface area (Å²) in [6.45, 7) is 2.06. The molecule has 0 aromatic heterocycles. The molecule has 1 N–H and O–H groups in total. The van der Waals surface area contributed by atoms with E-state index in [9.17, 15) is 0 Å². The molecule has 1 aliphatic carbocycles. The van der Waals surface area contributed by atoms with Gasteiger partial charge in [-0.05, 0) is 67.5 Å². The van der Waals surface area contributed by atoms with Crippen molar-refractivity contribution in [3.63, 3.8) is 0 Å². The molecule has 1 unspecified atom stereocenters. The minimum absolute atomic E-state index is 0.261. The number of hydrogen-bond donors (Lipinski definition) is 1. The predicted molar refractivity (Wildman–Crippen MR) is 90.2 cm³/mol. The molecule has 1 aliphatic rings. The Morgan fingerprint density at radius 1 is 1.14 bits per heavy atom. The summed E-state index contributed by atoms with van der Waals surface area (Å²) in [5, 5.41) is 4.31. The van der Waals surface area contributed by atoms with Gasteiger partial charge in [-0.15, -0.1) is 0 Å². The van der Waals surface area contributed by atoms with Crippen LogP contribution in [-0.2, 0) is 19.3 Å². The number of fused-ring (bicyclic) bond motifs is 1. The Hall–Kier alpha value is -1.31. The Labute approximate surface area is 132 Å². The van der Waals surface area contributed by atoms with Crippen molar-refractivity contribution in [1.82, 2.24) is 5.32 Å². The molecule has 2 heteroatoms. The zero-order valence-corrected chi connectivity index (χ0v) is 13.5. The minimum atomic E-state index is 0.261. The SMILES string of the molecule is CNC(Cc1ccc2c(c1)CCC2)c1cccc(C)c1Cl. The molecular formula is C19H22ClN. The van der Waals surface area contributed by atoms with Crippen molar-refractivity contribution in [3.05, 3.63) is 69.2 Å². The van der Waals surface area contributed by atoms with Crippen molar-refractivity contribution in [1.29, 1.82) is 0 Å². The van der Waals surface area contributed by atoms with Crippen molar-refractivity contribution >= 4 is 11.6 Å². The number of halogens is 1. The second-order valence-corrected chi connectivity index (χ2v) is 6.36. The maximum absolute atomic E-state index is 6.49. The van der Waals surface area contributed by atoms with Gasteiger partial charge in [-0.25, -0.2) is 0 Å². The summed E-state index contributed by atoms with van der Waals surface area (Å²) in [7, 11) is 2.01.